The third-order valence-corrected chi connectivity index (χ3v) is 5.21. The van der Waals surface area contributed by atoms with E-state index in [1.165, 1.54) is 6.08 Å². The molecule has 3 aromatic carbocycles. The van der Waals surface area contributed by atoms with Gasteiger partial charge in [-0.05, 0) is 60.9 Å². The number of aryl methyl sites for hydroxylation is 2. The van der Waals surface area contributed by atoms with E-state index >= 15 is 0 Å². The van der Waals surface area contributed by atoms with Crippen LogP contribution in [0, 0.1) is 25.2 Å². The van der Waals surface area contributed by atoms with Gasteiger partial charge in [-0.2, -0.15) is 5.26 Å². The zero-order chi connectivity index (χ0) is 23.1. The van der Waals surface area contributed by atoms with Gasteiger partial charge in [0.25, 0.3) is 5.91 Å². The molecule has 0 unspecified atom stereocenters. The first-order valence-corrected chi connectivity index (χ1v) is 10.3. The van der Waals surface area contributed by atoms with Crippen LogP contribution in [0.2, 0.25) is 5.02 Å². The van der Waals surface area contributed by atoms with Gasteiger partial charge in [-0.1, -0.05) is 48.0 Å². The molecule has 0 heterocycles. The Morgan fingerprint density at radius 1 is 1.09 bits per heavy atom. The van der Waals surface area contributed by atoms with Crippen molar-refractivity contribution in [2.45, 2.75) is 20.5 Å². The highest BCUT2D eigenvalue weighted by molar-refractivity contribution is 6.31. The minimum absolute atomic E-state index is 0.0203. The number of ether oxygens (including phenoxy) is 2. The van der Waals surface area contributed by atoms with E-state index in [0.717, 1.165) is 16.7 Å². The van der Waals surface area contributed by atoms with Crippen molar-refractivity contribution in [3.63, 3.8) is 0 Å². The van der Waals surface area contributed by atoms with Crippen molar-refractivity contribution >= 4 is 29.3 Å². The highest BCUT2D eigenvalue weighted by Gasteiger charge is 2.13. The normalized spacial score (nSPS) is 10.9. The molecule has 0 saturated heterocycles. The molecule has 0 fully saturated rings. The van der Waals surface area contributed by atoms with Gasteiger partial charge >= 0.3 is 0 Å². The Labute approximate surface area is 192 Å². The lowest BCUT2D eigenvalue weighted by molar-refractivity contribution is -0.112. The maximum absolute atomic E-state index is 12.7. The van der Waals surface area contributed by atoms with Crippen molar-refractivity contribution in [3.8, 4) is 17.6 Å². The predicted molar refractivity (Wildman–Crippen MR) is 127 cm³/mol. The zero-order valence-corrected chi connectivity index (χ0v) is 18.9. The molecule has 0 aliphatic heterocycles. The molecule has 0 aliphatic rings. The van der Waals surface area contributed by atoms with Gasteiger partial charge in [-0.15, -0.1) is 0 Å². The second-order valence-corrected chi connectivity index (χ2v) is 7.64. The number of methoxy groups -OCH3 is 1. The molecule has 1 amide bonds. The van der Waals surface area contributed by atoms with E-state index in [1.807, 2.05) is 56.3 Å². The number of nitriles is 1. The van der Waals surface area contributed by atoms with Crippen LogP contribution in [0.3, 0.4) is 0 Å². The van der Waals surface area contributed by atoms with Crippen molar-refractivity contribution in [1.82, 2.24) is 0 Å². The predicted octanol–water partition coefficient (Wildman–Crippen LogP) is 6.09. The minimum Gasteiger partial charge on any atom is -0.493 e. The van der Waals surface area contributed by atoms with Gasteiger partial charge < -0.3 is 14.8 Å². The summed E-state index contributed by atoms with van der Waals surface area (Å²) >= 11 is 6.20. The molecule has 3 rings (SSSR count). The van der Waals surface area contributed by atoms with E-state index in [-0.39, 0.29) is 12.2 Å². The summed E-state index contributed by atoms with van der Waals surface area (Å²) < 4.78 is 11.3. The van der Waals surface area contributed by atoms with Crippen LogP contribution in [0.5, 0.6) is 11.5 Å². The molecular weight excluding hydrogens is 424 g/mol. The molecule has 0 aromatic heterocycles. The van der Waals surface area contributed by atoms with Gasteiger partial charge in [0, 0.05) is 16.3 Å². The lowest BCUT2D eigenvalue weighted by Gasteiger charge is -2.12. The molecule has 162 valence electrons. The number of carbonyl (C=O) groups is 1. The summed E-state index contributed by atoms with van der Waals surface area (Å²) in [6.45, 7) is 4.09. The van der Waals surface area contributed by atoms with Gasteiger partial charge in [0.1, 0.15) is 18.2 Å². The van der Waals surface area contributed by atoms with Crippen molar-refractivity contribution in [3.05, 3.63) is 93.5 Å². The first-order valence-electron chi connectivity index (χ1n) is 9.96. The van der Waals surface area contributed by atoms with E-state index in [1.54, 1.807) is 31.4 Å². The molecule has 0 atom stereocenters. The van der Waals surface area contributed by atoms with Crippen LogP contribution in [0.4, 0.5) is 5.69 Å². The van der Waals surface area contributed by atoms with Gasteiger partial charge in [0.15, 0.2) is 11.5 Å². The Balaban J connectivity index is 1.83. The molecule has 0 bridgehead atoms. The molecule has 0 radical (unpaired) electrons. The second kappa shape index (κ2) is 10.5. The third kappa shape index (κ3) is 5.69. The van der Waals surface area contributed by atoms with Gasteiger partial charge in [0.05, 0.1) is 7.11 Å². The molecule has 32 heavy (non-hydrogen) atoms. The number of halogens is 1. The van der Waals surface area contributed by atoms with Crippen LogP contribution in [0.15, 0.2) is 66.2 Å². The molecule has 0 saturated carbocycles. The lowest BCUT2D eigenvalue weighted by Crippen LogP contribution is -2.14. The summed E-state index contributed by atoms with van der Waals surface area (Å²) in [5.41, 5.74) is 4.06. The fourth-order valence-corrected chi connectivity index (χ4v) is 3.23. The fourth-order valence-electron chi connectivity index (χ4n) is 3.04. The van der Waals surface area contributed by atoms with E-state index in [2.05, 4.69) is 5.32 Å². The number of amides is 1. The average molecular weight is 447 g/mol. The highest BCUT2D eigenvalue weighted by atomic mass is 35.5. The minimum atomic E-state index is -0.476. The third-order valence-electron chi connectivity index (χ3n) is 4.85. The Morgan fingerprint density at radius 3 is 2.59 bits per heavy atom. The Morgan fingerprint density at radius 2 is 1.88 bits per heavy atom. The SMILES string of the molecule is COc1ccc(/C=C(\C#N)C(=O)Nc2cc(C)ccc2C)cc1OCc1ccccc1Cl. The summed E-state index contributed by atoms with van der Waals surface area (Å²) in [6, 6.07) is 20.4. The van der Waals surface area contributed by atoms with Gasteiger partial charge in [-0.25, -0.2) is 0 Å². The Kier molecular flexibility index (Phi) is 7.54. The number of benzene rings is 3. The summed E-state index contributed by atoms with van der Waals surface area (Å²) in [7, 11) is 1.55. The Bertz CT molecular complexity index is 1210. The topological polar surface area (TPSA) is 71.3 Å². The van der Waals surface area contributed by atoms with Crippen molar-refractivity contribution in [2.75, 3.05) is 12.4 Å². The summed E-state index contributed by atoms with van der Waals surface area (Å²) in [5.74, 6) is 0.538. The molecule has 0 aliphatic carbocycles. The number of hydrogen-bond donors (Lipinski definition) is 1. The highest BCUT2D eigenvalue weighted by Crippen LogP contribution is 2.30. The van der Waals surface area contributed by atoms with Crippen LogP contribution >= 0.6 is 11.6 Å². The fraction of sp³-hybridized carbons (Fsp3) is 0.154. The number of anilines is 1. The standard InChI is InChI=1S/C26H23ClN2O3/c1-17-8-9-18(2)23(12-17)29-26(30)21(15-28)13-19-10-11-24(31-3)25(14-19)32-16-20-6-4-5-7-22(20)27/h4-14H,16H2,1-3H3,(H,29,30)/b21-13+. The van der Waals surface area contributed by atoms with Gasteiger partial charge in [0.2, 0.25) is 0 Å². The quantitative estimate of drug-likeness (QED) is 0.352. The van der Waals surface area contributed by atoms with Crippen LogP contribution < -0.4 is 14.8 Å². The number of carbonyl (C=O) groups excluding carboxylic acids is 1. The molecule has 0 spiro atoms. The maximum atomic E-state index is 12.7. The average Bonchev–Trinajstić information content (AvgIpc) is 2.79. The first kappa shape index (κ1) is 22.9. The van der Waals surface area contributed by atoms with E-state index in [4.69, 9.17) is 21.1 Å². The lowest BCUT2D eigenvalue weighted by atomic mass is 10.1. The summed E-state index contributed by atoms with van der Waals surface area (Å²) in [6.07, 6.45) is 1.52. The number of rotatable bonds is 7. The van der Waals surface area contributed by atoms with Crippen molar-refractivity contribution in [2.24, 2.45) is 0 Å². The molecular formula is C26H23ClN2O3. The van der Waals surface area contributed by atoms with Crippen LogP contribution in [-0.4, -0.2) is 13.0 Å². The van der Waals surface area contributed by atoms with Crippen molar-refractivity contribution in [1.29, 1.82) is 5.26 Å². The number of hydrogen-bond acceptors (Lipinski definition) is 4. The smallest absolute Gasteiger partial charge is 0.266 e. The largest absolute Gasteiger partial charge is 0.493 e. The molecule has 1 N–H and O–H groups in total. The van der Waals surface area contributed by atoms with Crippen LogP contribution in [0.1, 0.15) is 22.3 Å². The van der Waals surface area contributed by atoms with Crippen LogP contribution in [-0.2, 0) is 11.4 Å². The van der Waals surface area contributed by atoms with Gasteiger partial charge in [-0.3, -0.25) is 4.79 Å². The summed E-state index contributed by atoms with van der Waals surface area (Å²) in [5, 5.41) is 13.0. The monoisotopic (exact) mass is 446 g/mol. The number of nitrogens with zero attached hydrogens (tertiary/aromatic N) is 1. The Hall–Kier alpha value is -3.75. The second-order valence-electron chi connectivity index (χ2n) is 7.23. The zero-order valence-electron chi connectivity index (χ0n) is 18.1. The molecule has 5 nitrogen and oxygen atoms in total. The van der Waals surface area contributed by atoms with Crippen molar-refractivity contribution < 1.29 is 14.3 Å². The van der Waals surface area contributed by atoms with E-state index < -0.39 is 5.91 Å². The maximum Gasteiger partial charge on any atom is 0.266 e. The van der Waals surface area contributed by atoms with E-state index in [9.17, 15) is 10.1 Å². The van der Waals surface area contributed by atoms with Crippen LogP contribution in [0.25, 0.3) is 6.08 Å². The number of nitrogens with one attached hydrogen (secondary N) is 1. The first-order chi connectivity index (χ1) is 15.4. The summed E-state index contributed by atoms with van der Waals surface area (Å²) in [4.78, 5) is 12.7. The molecule has 6 heteroatoms. The molecule has 3 aromatic rings. The van der Waals surface area contributed by atoms with E-state index in [0.29, 0.717) is 27.8 Å².